The molecule has 0 radical (unpaired) electrons. The van der Waals surface area contributed by atoms with Crippen molar-refractivity contribution >= 4 is 11.4 Å². The molecule has 0 unspecified atom stereocenters. The van der Waals surface area contributed by atoms with Gasteiger partial charge in [-0.15, -0.1) is 0 Å². The van der Waals surface area contributed by atoms with Crippen LogP contribution >= 0.6 is 0 Å². The predicted molar refractivity (Wildman–Crippen MR) is 84.1 cm³/mol. The fraction of sp³-hybridized carbons (Fsp3) is 0.214. The summed E-state index contributed by atoms with van der Waals surface area (Å²) in [5, 5.41) is 24.8. The normalized spacial score (nSPS) is 16.5. The van der Waals surface area contributed by atoms with Crippen molar-refractivity contribution in [2.45, 2.75) is 12.5 Å². The van der Waals surface area contributed by atoms with Crippen molar-refractivity contribution in [1.82, 2.24) is 15.0 Å². The third kappa shape index (κ3) is 2.53. The van der Waals surface area contributed by atoms with Crippen molar-refractivity contribution in [2.75, 3.05) is 0 Å². The lowest BCUT2D eigenvalue weighted by molar-refractivity contribution is -0.384. The van der Waals surface area contributed by atoms with Crippen LogP contribution in [0.3, 0.4) is 0 Å². The molecular weight excluding hydrogens is 318 g/mol. The Morgan fingerprint density at radius 1 is 1.33 bits per heavy atom. The van der Waals surface area contributed by atoms with Crippen LogP contribution in [0, 0.1) is 10.1 Å². The zero-order chi connectivity index (χ0) is 17.4. The number of aromatic hydroxyl groups is 1. The van der Waals surface area contributed by atoms with E-state index in [0.29, 0.717) is 5.71 Å². The summed E-state index contributed by atoms with van der Waals surface area (Å²) < 4.78 is 0.915. The number of H-pyrrole nitrogens is 1. The lowest BCUT2D eigenvalue weighted by Gasteiger charge is -2.10. The summed E-state index contributed by atoms with van der Waals surface area (Å²) in [4.78, 5) is 35.7. The first-order valence-electron chi connectivity index (χ1n) is 6.97. The monoisotopic (exact) mass is 331 g/mol. The Bertz CT molecular complexity index is 957. The highest BCUT2D eigenvalue weighted by molar-refractivity contribution is 6.03. The number of nitrogens with zero attached hydrogens (tertiary/aromatic N) is 3. The summed E-state index contributed by atoms with van der Waals surface area (Å²) in [5.41, 5.74) is 2.33. The Kier molecular flexibility index (Phi) is 3.64. The van der Waals surface area contributed by atoms with Gasteiger partial charge in [0.05, 0.1) is 16.7 Å². The van der Waals surface area contributed by atoms with Gasteiger partial charge in [0.1, 0.15) is 5.56 Å². The van der Waals surface area contributed by atoms with Gasteiger partial charge in [0, 0.05) is 25.6 Å². The third-order valence-electron chi connectivity index (χ3n) is 3.84. The number of hydrazone groups is 1. The number of nitrogens with one attached hydrogen (secondary N) is 2. The highest BCUT2D eigenvalue weighted by Gasteiger charge is 2.26. The molecule has 3 rings (SSSR count). The number of rotatable bonds is 3. The number of hydrogen-bond donors (Lipinski definition) is 3. The molecule has 0 spiro atoms. The van der Waals surface area contributed by atoms with Gasteiger partial charge in [-0.25, -0.2) is 4.79 Å². The minimum atomic E-state index is -0.722. The largest absolute Gasteiger partial charge is 0.494 e. The summed E-state index contributed by atoms with van der Waals surface area (Å²) in [6.07, 6.45) is 0.284. The Hall–Kier alpha value is -3.43. The van der Waals surface area contributed by atoms with Gasteiger partial charge in [0.15, 0.2) is 0 Å². The molecule has 2 heterocycles. The SMILES string of the molecule is Cn1c(O)c(C2=NN[C@@H](c3ccc([N+](=O)[O-])cc3)C2)c(=O)[nH]c1=O. The number of nitro benzene ring substituents is 1. The van der Waals surface area contributed by atoms with Crippen LogP contribution in [0.15, 0.2) is 39.0 Å². The molecule has 1 aliphatic heterocycles. The van der Waals surface area contributed by atoms with Crippen molar-refractivity contribution in [1.29, 1.82) is 0 Å². The number of aromatic nitrogens is 2. The number of nitro groups is 1. The number of hydrogen-bond acceptors (Lipinski definition) is 7. The molecule has 0 saturated carbocycles. The molecule has 1 aromatic heterocycles. The van der Waals surface area contributed by atoms with E-state index in [1.165, 1.54) is 19.2 Å². The Morgan fingerprint density at radius 2 is 2.00 bits per heavy atom. The molecule has 0 saturated heterocycles. The molecule has 1 aromatic carbocycles. The van der Waals surface area contributed by atoms with Gasteiger partial charge < -0.3 is 10.5 Å². The molecule has 1 aliphatic rings. The van der Waals surface area contributed by atoms with Gasteiger partial charge in [-0.2, -0.15) is 5.10 Å². The topological polar surface area (TPSA) is 143 Å². The molecule has 0 bridgehead atoms. The van der Waals surface area contributed by atoms with E-state index in [4.69, 9.17) is 0 Å². The molecule has 10 heteroatoms. The molecule has 0 aliphatic carbocycles. The minimum absolute atomic E-state index is 0.0231. The Morgan fingerprint density at radius 3 is 2.62 bits per heavy atom. The number of aromatic amines is 1. The van der Waals surface area contributed by atoms with Crippen molar-refractivity contribution in [3.05, 3.63) is 66.3 Å². The number of non-ortho nitro benzene ring substituents is 1. The molecular formula is C14H13N5O5. The van der Waals surface area contributed by atoms with Crippen LogP contribution in [-0.4, -0.2) is 25.3 Å². The maximum absolute atomic E-state index is 12.0. The van der Waals surface area contributed by atoms with Crippen LogP contribution < -0.4 is 16.7 Å². The van der Waals surface area contributed by atoms with E-state index < -0.39 is 22.1 Å². The second-order valence-electron chi connectivity index (χ2n) is 5.31. The zero-order valence-corrected chi connectivity index (χ0v) is 12.5. The quantitative estimate of drug-likeness (QED) is 0.539. The second-order valence-corrected chi connectivity index (χ2v) is 5.31. The smallest absolute Gasteiger partial charge is 0.330 e. The lowest BCUT2D eigenvalue weighted by atomic mass is 10.00. The maximum atomic E-state index is 12.0. The first-order chi connectivity index (χ1) is 11.4. The Balaban J connectivity index is 1.88. The Labute approximate surface area is 134 Å². The molecule has 0 fully saturated rings. The van der Waals surface area contributed by atoms with Crippen LogP contribution in [0.5, 0.6) is 5.88 Å². The molecule has 1 atom stereocenters. The fourth-order valence-electron chi connectivity index (χ4n) is 2.49. The lowest BCUT2D eigenvalue weighted by Crippen LogP contribution is -2.32. The van der Waals surface area contributed by atoms with Crippen LogP contribution in [0.25, 0.3) is 0 Å². The van der Waals surface area contributed by atoms with Crippen LogP contribution in [0.2, 0.25) is 0 Å². The van der Waals surface area contributed by atoms with Crippen molar-refractivity contribution in [3.63, 3.8) is 0 Å². The molecule has 0 amide bonds. The fourth-order valence-corrected chi connectivity index (χ4v) is 2.49. The van der Waals surface area contributed by atoms with Gasteiger partial charge in [0.25, 0.3) is 11.2 Å². The van der Waals surface area contributed by atoms with Crippen LogP contribution in [0.4, 0.5) is 5.69 Å². The second kappa shape index (κ2) is 5.65. The molecule has 24 heavy (non-hydrogen) atoms. The average Bonchev–Trinajstić information content (AvgIpc) is 3.02. The van der Waals surface area contributed by atoms with E-state index in [2.05, 4.69) is 15.5 Å². The predicted octanol–water partition coefficient (Wildman–Crippen LogP) is 0.126. The standard InChI is InChI=1S/C14H13N5O5/c1-18-13(21)11(12(20)15-14(18)22)10-6-9(16-17-10)7-2-4-8(5-3-7)19(23)24/h2-5,9,16,21H,6H2,1H3,(H,15,20,22)/t9-/m1/s1. The average molecular weight is 331 g/mol. The van der Waals surface area contributed by atoms with Gasteiger partial charge in [-0.1, -0.05) is 12.1 Å². The van der Waals surface area contributed by atoms with Crippen LogP contribution in [-0.2, 0) is 7.05 Å². The van der Waals surface area contributed by atoms with E-state index in [0.717, 1.165) is 10.1 Å². The molecule has 124 valence electrons. The van der Waals surface area contributed by atoms with Gasteiger partial charge in [-0.3, -0.25) is 24.5 Å². The molecule has 2 aromatic rings. The molecule has 10 nitrogen and oxygen atoms in total. The van der Waals surface area contributed by atoms with Crippen LogP contribution in [0.1, 0.15) is 23.6 Å². The summed E-state index contributed by atoms with van der Waals surface area (Å²) in [6.45, 7) is 0. The third-order valence-corrected chi connectivity index (χ3v) is 3.84. The zero-order valence-electron chi connectivity index (χ0n) is 12.5. The summed E-state index contributed by atoms with van der Waals surface area (Å²) in [7, 11) is 1.33. The maximum Gasteiger partial charge on any atom is 0.330 e. The minimum Gasteiger partial charge on any atom is -0.494 e. The summed E-state index contributed by atoms with van der Waals surface area (Å²) in [5.74, 6) is -0.464. The summed E-state index contributed by atoms with van der Waals surface area (Å²) in [6, 6.07) is 5.66. The summed E-state index contributed by atoms with van der Waals surface area (Å²) >= 11 is 0. The van der Waals surface area contributed by atoms with Crippen molar-refractivity contribution in [2.24, 2.45) is 12.1 Å². The van der Waals surface area contributed by atoms with Crippen molar-refractivity contribution in [3.8, 4) is 5.88 Å². The van der Waals surface area contributed by atoms with Gasteiger partial charge >= 0.3 is 5.69 Å². The first kappa shape index (κ1) is 15.5. The van der Waals surface area contributed by atoms with Gasteiger partial charge in [-0.05, 0) is 5.56 Å². The highest BCUT2D eigenvalue weighted by Crippen LogP contribution is 2.26. The number of benzene rings is 1. The van der Waals surface area contributed by atoms with Gasteiger partial charge in [0.2, 0.25) is 5.88 Å². The van der Waals surface area contributed by atoms with E-state index >= 15 is 0 Å². The van der Waals surface area contributed by atoms with Crippen molar-refractivity contribution < 1.29 is 10.0 Å². The van der Waals surface area contributed by atoms with E-state index in [-0.39, 0.29) is 23.7 Å². The highest BCUT2D eigenvalue weighted by atomic mass is 16.6. The van der Waals surface area contributed by atoms with E-state index in [9.17, 15) is 24.8 Å². The van der Waals surface area contributed by atoms with E-state index in [1.54, 1.807) is 12.1 Å². The first-order valence-corrected chi connectivity index (χ1v) is 6.97. The van der Waals surface area contributed by atoms with E-state index in [1.807, 2.05) is 0 Å². The molecule has 3 N–H and O–H groups in total.